The number of fused-ring (bicyclic) bond motifs is 3. The Kier molecular flexibility index (Phi) is 4.20. The maximum atomic E-state index is 12.9. The Morgan fingerprint density at radius 1 is 1.12 bits per heavy atom. The highest BCUT2D eigenvalue weighted by molar-refractivity contribution is 6.31. The molecule has 1 aromatic heterocycles. The maximum absolute atomic E-state index is 12.9. The van der Waals surface area contributed by atoms with Gasteiger partial charge in [0.15, 0.2) is 6.04 Å². The average Bonchev–Trinajstić information content (AvgIpc) is 2.98. The Morgan fingerprint density at radius 2 is 1.84 bits per heavy atom. The summed E-state index contributed by atoms with van der Waals surface area (Å²) in [5.74, 6) is 0.0321. The number of halogens is 2. The Balaban J connectivity index is 1.58. The molecule has 4 nitrogen and oxygen atoms in total. The Labute approximate surface area is 155 Å². The van der Waals surface area contributed by atoms with Crippen molar-refractivity contribution in [3.63, 3.8) is 0 Å². The fourth-order valence-corrected chi connectivity index (χ4v) is 3.76. The van der Waals surface area contributed by atoms with Crippen LogP contribution in [0.25, 0.3) is 10.9 Å². The lowest BCUT2D eigenvalue weighted by atomic mass is 10.0. The summed E-state index contributed by atoms with van der Waals surface area (Å²) in [6.45, 7) is 1.25. The first-order valence-electron chi connectivity index (χ1n) is 8.19. The molecule has 0 saturated carbocycles. The largest absolute Gasteiger partial charge is 0.357 e. The molecule has 0 unspecified atom stereocenters. The van der Waals surface area contributed by atoms with Crippen molar-refractivity contribution < 1.29 is 10.5 Å². The van der Waals surface area contributed by atoms with Crippen molar-refractivity contribution in [3.05, 3.63) is 69.3 Å². The van der Waals surface area contributed by atoms with E-state index in [1.54, 1.807) is 12.1 Å². The molecule has 1 atom stereocenters. The molecular formula is C19H18Cl2N3O+. The third-order valence-electron chi connectivity index (χ3n) is 4.82. The molecule has 0 bridgehead atoms. The summed E-state index contributed by atoms with van der Waals surface area (Å²) in [7, 11) is 0. The van der Waals surface area contributed by atoms with Gasteiger partial charge in [-0.25, -0.2) is 0 Å². The van der Waals surface area contributed by atoms with Crippen LogP contribution in [0.1, 0.15) is 22.9 Å². The van der Waals surface area contributed by atoms with E-state index < -0.39 is 6.04 Å². The molecule has 128 valence electrons. The highest BCUT2D eigenvalue weighted by atomic mass is 35.5. The van der Waals surface area contributed by atoms with E-state index >= 15 is 0 Å². The number of quaternary nitrogens is 1. The van der Waals surface area contributed by atoms with E-state index in [1.807, 2.05) is 35.2 Å². The number of aromatic nitrogens is 1. The van der Waals surface area contributed by atoms with Crippen molar-refractivity contribution in [2.75, 3.05) is 6.54 Å². The molecule has 0 spiro atoms. The van der Waals surface area contributed by atoms with E-state index in [4.69, 9.17) is 23.2 Å². The van der Waals surface area contributed by atoms with Gasteiger partial charge in [0.25, 0.3) is 5.91 Å². The molecule has 1 amide bonds. The molecule has 6 heteroatoms. The molecule has 4 rings (SSSR count). The van der Waals surface area contributed by atoms with Crippen molar-refractivity contribution >= 4 is 40.0 Å². The molecule has 25 heavy (non-hydrogen) atoms. The van der Waals surface area contributed by atoms with Gasteiger partial charge in [-0.2, -0.15) is 0 Å². The number of nitrogens with one attached hydrogen (secondary N) is 1. The number of aromatic amines is 1. The first kappa shape index (κ1) is 16.5. The standard InChI is InChI=1S/C19H17Cl2N3O/c20-12-3-1-11(2-4-12)18(22)19(25)24-8-7-14-15-9-13(21)5-6-16(15)23-17(14)10-24/h1-6,9,18,23H,7-8,10,22H2/p+1/t18-/m1/s1. The second-order valence-electron chi connectivity index (χ2n) is 6.39. The molecule has 2 heterocycles. The van der Waals surface area contributed by atoms with Gasteiger partial charge in [-0.3, -0.25) is 4.79 Å². The lowest BCUT2D eigenvalue weighted by Gasteiger charge is -2.28. The van der Waals surface area contributed by atoms with Crippen LogP contribution in [-0.4, -0.2) is 22.3 Å². The summed E-state index contributed by atoms with van der Waals surface area (Å²) in [5, 5.41) is 2.54. The maximum Gasteiger partial charge on any atom is 0.285 e. The molecule has 1 aliphatic heterocycles. The summed E-state index contributed by atoms with van der Waals surface area (Å²) < 4.78 is 0. The van der Waals surface area contributed by atoms with Gasteiger partial charge in [0.05, 0.1) is 6.54 Å². The fraction of sp³-hybridized carbons (Fsp3) is 0.211. The van der Waals surface area contributed by atoms with E-state index in [1.165, 1.54) is 5.56 Å². The minimum Gasteiger partial charge on any atom is -0.357 e. The fourth-order valence-electron chi connectivity index (χ4n) is 3.46. The number of carbonyl (C=O) groups is 1. The van der Waals surface area contributed by atoms with Gasteiger partial charge in [-0.15, -0.1) is 0 Å². The SMILES string of the molecule is [NH3+][C@@H](C(=O)N1CCc2c([nH]c3ccc(Cl)cc23)C1)c1ccc(Cl)cc1. The minimum atomic E-state index is -0.433. The van der Waals surface area contributed by atoms with E-state index in [0.717, 1.165) is 33.6 Å². The summed E-state index contributed by atoms with van der Waals surface area (Å²) in [6.07, 6.45) is 0.814. The molecular weight excluding hydrogens is 357 g/mol. The summed E-state index contributed by atoms with van der Waals surface area (Å²) in [4.78, 5) is 18.1. The quantitative estimate of drug-likeness (QED) is 0.709. The van der Waals surface area contributed by atoms with Crippen LogP contribution in [0.5, 0.6) is 0 Å². The molecule has 4 N–H and O–H groups in total. The monoisotopic (exact) mass is 374 g/mol. The summed E-state index contributed by atoms with van der Waals surface area (Å²) in [6, 6.07) is 12.7. The van der Waals surface area contributed by atoms with Gasteiger partial charge in [-0.1, -0.05) is 35.3 Å². The topological polar surface area (TPSA) is 63.7 Å². The van der Waals surface area contributed by atoms with Crippen LogP contribution in [0, 0.1) is 0 Å². The Morgan fingerprint density at radius 3 is 2.60 bits per heavy atom. The number of nitrogens with zero attached hydrogens (tertiary/aromatic N) is 1. The zero-order valence-corrected chi connectivity index (χ0v) is 15.1. The molecule has 1 aliphatic rings. The molecule has 0 fully saturated rings. The van der Waals surface area contributed by atoms with Crippen molar-refractivity contribution in [2.24, 2.45) is 0 Å². The number of hydrogen-bond donors (Lipinski definition) is 2. The van der Waals surface area contributed by atoms with Gasteiger partial charge in [0, 0.05) is 38.8 Å². The number of hydrogen-bond acceptors (Lipinski definition) is 1. The van der Waals surface area contributed by atoms with E-state index in [-0.39, 0.29) is 5.91 Å². The number of benzene rings is 2. The normalized spacial score (nSPS) is 15.2. The van der Waals surface area contributed by atoms with Crippen LogP contribution in [-0.2, 0) is 17.8 Å². The van der Waals surface area contributed by atoms with Crippen LogP contribution >= 0.6 is 23.2 Å². The summed E-state index contributed by atoms with van der Waals surface area (Å²) in [5.41, 5.74) is 8.34. The Bertz CT molecular complexity index is 949. The van der Waals surface area contributed by atoms with Crippen LogP contribution in [0.15, 0.2) is 42.5 Å². The van der Waals surface area contributed by atoms with E-state index in [2.05, 4.69) is 10.7 Å². The minimum absolute atomic E-state index is 0.0321. The second-order valence-corrected chi connectivity index (χ2v) is 7.26. The third kappa shape index (κ3) is 3.01. The highest BCUT2D eigenvalue weighted by Gasteiger charge is 2.30. The van der Waals surface area contributed by atoms with Crippen LogP contribution in [0.4, 0.5) is 0 Å². The highest BCUT2D eigenvalue weighted by Crippen LogP contribution is 2.30. The average molecular weight is 375 g/mol. The lowest BCUT2D eigenvalue weighted by molar-refractivity contribution is -0.412. The molecule has 0 saturated heterocycles. The number of amides is 1. The predicted molar refractivity (Wildman–Crippen MR) is 99.5 cm³/mol. The molecule has 0 radical (unpaired) electrons. The van der Waals surface area contributed by atoms with Gasteiger partial charge >= 0.3 is 0 Å². The second kappa shape index (κ2) is 6.37. The van der Waals surface area contributed by atoms with Crippen molar-refractivity contribution in [3.8, 4) is 0 Å². The van der Waals surface area contributed by atoms with Gasteiger partial charge in [0.2, 0.25) is 0 Å². The number of H-pyrrole nitrogens is 1. The van der Waals surface area contributed by atoms with Crippen LogP contribution in [0.3, 0.4) is 0 Å². The van der Waals surface area contributed by atoms with Crippen molar-refractivity contribution in [2.45, 2.75) is 19.0 Å². The number of carbonyl (C=O) groups excluding carboxylic acids is 1. The van der Waals surface area contributed by atoms with Gasteiger partial charge in [0.1, 0.15) is 0 Å². The third-order valence-corrected chi connectivity index (χ3v) is 5.31. The van der Waals surface area contributed by atoms with Crippen molar-refractivity contribution in [1.29, 1.82) is 0 Å². The van der Waals surface area contributed by atoms with Crippen molar-refractivity contribution in [1.82, 2.24) is 9.88 Å². The number of rotatable bonds is 2. The van der Waals surface area contributed by atoms with E-state index in [9.17, 15) is 4.79 Å². The van der Waals surface area contributed by atoms with Crippen LogP contribution in [0.2, 0.25) is 10.0 Å². The first-order chi connectivity index (χ1) is 12.0. The Hall–Kier alpha value is -2.01. The zero-order valence-electron chi connectivity index (χ0n) is 13.6. The van der Waals surface area contributed by atoms with Gasteiger partial charge < -0.3 is 15.6 Å². The van der Waals surface area contributed by atoms with E-state index in [0.29, 0.717) is 18.1 Å². The first-order valence-corrected chi connectivity index (χ1v) is 8.95. The zero-order chi connectivity index (χ0) is 17.6. The molecule has 0 aliphatic carbocycles. The molecule has 3 aromatic rings. The van der Waals surface area contributed by atoms with Gasteiger partial charge in [-0.05, 0) is 42.3 Å². The summed E-state index contributed by atoms with van der Waals surface area (Å²) >= 11 is 12.0. The van der Waals surface area contributed by atoms with Crippen LogP contribution < -0.4 is 5.73 Å². The smallest absolute Gasteiger partial charge is 0.285 e. The molecule has 2 aromatic carbocycles. The lowest BCUT2D eigenvalue weighted by Crippen LogP contribution is -2.61. The predicted octanol–water partition coefficient (Wildman–Crippen LogP) is 3.34.